The molecule has 1 aliphatic rings. The summed E-state index contributed by atoms with van der Waals surface area (Å²) >= 11 is 0. The number of carbonyl (C=O) groups excluding carboxylic acids is 2. The standard InChI is InChI=1S/C25H23F3N4O2/c26-25(27,28)19-9-10-22(32-12-2-1-3-13-32)21(15-19)31-23(33)17-6-4-8-20(14-17)30-24(34)18-7-5-11-29-16-18/h4-11,14-16H,1-3,12-13H2,(H,30,34)(H,31,33). The Balaban J connectivity index is 1.57. The van der Waals surface area contributed by atoms with Crippen LogP contribution in [0.4, 0.5) is 30.2 Å². The molecule has 9 heteroatoms. The van der Waals surface area contributed by atoms with Crippen molar-refractivity contribution >= 4 is 28.9 Å². The lowest BCUT2D eigenvalue weighted by Crippen LogP contribution is -2.30. The fourth-order valence-corrected chi connectivity index (χ4v) is 3.86. The van der Waals surface area contributed by atoms with Crippen molar-refractivity contribution in [2.24, 2.45) is 0 Å². The average Bonchev–Trinajstić information content (AvgIpc) is 2.84. The van der Waals surface area contributed by atoms with Gasteiger partial charge >= 0.3 is 6.18 Å². The lowest BCUT2D eigenvalue weighted by molar-refractivity contribution is -0.137. The van der Waals surface area contributed by atoms with Crippen molar-refractivity contribution in [1.29, 1.82) is 0 Å². The molecule has 2 heterocycles. The summed E-state index contributed by atoms with van der Waals surface area (Å²) < 4.78 is 40.0. The molecule has 0 radical (unpaired) electrons. The van der Waals surface area contributed by atoms with Gasteiger partial charge in [0, 0.05) is 36.7 Å². The van der Waals surface area contributed by atoms with E-state index >= 15 is 0 Å². The summed E-state index contributed by atoms with van der Waals surface area (Å²) in [6, 6.07) is 12.9. The maximum Gasteiger partial charge on any atom is 0.416 e. The molecular formula is C25H23F3N4O2. The van der Waals surface area contributed by atoms with Gasteiger partial charge in [0.1, 0.15) is 0 Å². The minimum atomic E-state index is -4.53. The molecular weight excluding hydrogens is 445 g/mol. The molecule has 1 aromatic heterocycles. The SMILES string of the molecule is O=C(Nc1cccc(C(=O)Nc2cc(C(F)(F)F)ccc2N2CCCCC2)c1)c1cccnc1. The van der Waals surface area contributed by atoms with Gasteiger partial charge in [-0.3, -0.25) is 14.6 Å². The van der Waals surface area contributed by atoms with E-state index in [4.69, 9.17) is 0 Å². The Morgan fingerprint density at radius 3 is 2.29 bits per heavy atom. The molecule has 1 fully saturated rings. The zero-order chi connectivity index (χ0) is 24.1. The Hall–Kier alpha value is -3.88. The number of hydrogen-bond donors (Lipinski definition) is 2. The summed E-state index contributed by atoms with van der Waals surface area (Å²) in [5.74, 6) is -0.967. The number of amides is 2. The van der Waals surface area contributed by atoms with Gasteiger partial charge in [-0.2, -0.15) is 13.2 Å². The van der Waals surface area contributed by atoms with Crippen molar-refractivity contribution in [3.05, 3.63) is 83.7 Å². The number of rotatable bonds is 5. The van der Waals surface area contributed by atoms with Crippen LogP contribution in [0, 0.1) is 0 Å². The number of aromatic nitrogens is 1. The first-order chi connectivity index (χ1) is 16.3. The fraction of sp³-hybridized carbons (Fsp3) is 0.240. The number of nitrogens with one attached hydrogen (secondary N) is 2. The zero-order valence-electron chi connectivity index (χ0n) is 18.2. The number of halogens is 3. The fourth-order valence-electron chi connectivity index (χ4n) is 3.86. The van der Waals surface area contributed by atoms with Crippen molar-refractivity contribution in [2.75, 3.05) is 28.6 Å². The van der Waals surface area contributed by atoms with Gasteiger partial charge in [-0.25, -0.2) is 0 Å². The first-order valence-electron chi connectivity index (χ1n) is 10.9. The molecule has 2 N–H and O–H groups in total. The van der Waals surface area contributed by atoms with Gasteiger partial charge in [0.05, 0.1) is 22.5 Å². The van der Waals surface area contributed by atoms with Crippen LogP contribution in [0.1, 0.15) is 45.5 Å². The molecule has 6 nitrogen and oxygen atoms in total. The molecule has 0 unspecified atom stereocenters. The molecule has 2 amide bonds. The molecule has 1 saturated heterocycles. The second-order valence-electron chi connectivity index (χ2n) is 8.01. The van der Waals surface area contributed by atoms with Crippen LogP contribution in [0.2, 0.25) is 0 Å². The summed E-state index contributed by atoms with van der Waals surface area (Å²) in [4.78, 5) is 31.3. The van der Waals surface area contributed by atoms with Crippen molar-refractivity contribution in [3.63, 3.8) is 0 Å². The highest BCUT2D eigenvalue weighted by atomic mass is 19.4. The minimum Gasteiger partial charge on any atom is -0.370 e. The van der Waals surface area contributed by atoms with Crippen LogP contribution in [-0.4, -0.2) is 29.9 Å². The van der Waals surface area contributed by atoms with Crippen molar-refractivity contribution in [3.8, 4) is 0 Å². The Bertz CT molecular complexity index is 1180. The van der Waals surface area contributed by atoms with Gasteiger partial charge in [-0.15, -0.1) is 0 Å². The topological polar surface area (TPSA) is 74.3 Å². The van der Waals surface area contributed by atoms with Crippen LogP contribution >= 0.6 is 0 Å². The number of nitrogens with zero attached hydrogens (tertiary/aromatic N) is 2. The van der Waals surface area contributed by atoms with E-state index < -0.39 is 23.6 Å². The van der Waals surface area contributed by atoms with E-state index in [1.165, 1.54) is 24.4 Å². The van der Waals surface area contributed by atoms with Crippen LogP contribution in [0.3, 0.4) is 0 Å². The summed E-state index contributed by atoms with van der Waals surface area (Å²) in [6.07, 6.45) is 1.38. The normalized spacial score (nSPS) is 13.9. The lowest BCUT2D eigenvalue weighted by Gasteiger charge is -2.31. The lowest BCUT2D eigenvalue weighted by atomic mass is 10.1. The van der Waals surface area contributed by atoms with Gasteiger partial charge in [-0.05, 0) is 67.8 Å². The number of pyridine rings is 1. The van der Waals surface area contributed by atoms with Gasteiger partial charge in [0.25, 0.3) is 11.8 Å². The number of anilines is 3. The third kappa shape index (κ3) is 5.54. The minimum absolute atomic E-state index is 0.103. The van der Waals surface area contributed by atoms with Crippen LogP contribution in [-0.2, 0) is 6.18 Å². The highest BCUT2D eigenvalue weighted by Gasteiger charge is 2.32. The molecule has 0 atom stereocenters. The largest absolute Gasteiger partial charge is 0.416 e. The maximum atomic E-state index is 13.3. The van der Waals surface area contributed by atoms with Crippen molar-refractivity contribution < 1.29 is 22.8 Å². The van der Waals surface area contributed by atoms with E-state index in [1.54, 1.807) is 30.5 Å². The van der Waals surface area contributed by atoms with E-state index in [1.807, 2.05) is 4.90 Å². The summed E-state index contributed by atoms with van der Waals surface area (Å²) in [6.45, 7) is 1.42. The second kappa shape index (κ2) is 9.94. The number of piperidine rings is 1. The molecule has 1 aliphatic heterocycles. The smallest absolute Gasteiger partial charge is 0.370 e. The molecule has 34 heavy (non-hydrogen) atoms. The molecule has 0 aliphatic carbocycles. The highest BCUT2D eigenvalue weighted by molar-refractivity contribution is 6.08. The first kappa shape index (κ1) is 23.3. The highest BCUT2D eigenvalue weighted by Crippen LogP contribution is 2.36. The molecule has 176 valence electrons. The predicted molar refractivity (Wildman–Crippen MR) is 124 cm³/mol. The molecule has 4 rings (SSSR count). The van der Waals surface area contributed by atoms with Gasteiger partial charge in [-0.1, -0.05) is 6.07 Å². The molecule has 0 saturated carbocycles. The molecule has 0 spiro atoms. The third-order valence-corrected chi connectivity index (χ3v) is 5.58. The van der Waals surface area contributed by atoms with Gasteiger partial charge in [0.15, 0.2) is 0 Å². The van der Waals surface area contributed by atoms with Gasteiger partial charge in [0.2, 0.25) is 0 Å². The summed E-state index contributed by atoms with van der Waals surface area (Å²) in [5.41, 5.74) is 0.759. The Labute approximate surface area is 194 Å². The number of alkyl halides is 3. The molecule has 3 aromatic rings. The van der Waals surface area contributed by atoms with Crippen LogP contribution in [0.15, 0.2) is 67.0 Å². The van der Waals surface area contributed by atoms with Gasteiger partial charge < -0.3 is 15.5 Å². The summed E-state index contributed by atoms with van der Waals surface area (Å²) in [5, 5.41) is 5.34. The predicted octanol–water partition coefficient (Wildman–Crippen LogP) is 5.60. The molecule has 0 bridgehead atoms. The molecule has 2 aromatic carbocycles. The van der Waals surface area contributed by atoms with E-state index in [2.05, 4.69) is 15.6 Å². The Morgan fingerprint density at radius 2 is 1.59 bits per heavy atom. The van der Waals surface area contributed by atoms with Crippen LogP contribution < -0.4 is 15.5 Å². The average molecular weight is 468 g/mol. The van der Waals surface area contributed by atoms with E-state index in [-0.39, 0.29) is 11.3 Å². The number of benzene rings is 2. The first-order valence-corrected chi connectivity index (χ1v) is 10.9. The van der Waals surface area contributed by atoms with Crippen molar-refractivity contribution in [1.82, 2.24) is 4.98 Å². The number of carbonyl (C=O) groups is 2. The van der Waals surface area contributed by atoms with E-state index in [9.17, 15) is 22.8 Å². The monoisotopic (exact) mass is 468 g/mol. The second-order valence-corrected chi connectivity index (χ2v) is 8.01. The van der Waals surface area contributed by atoms with Crippen molar-refractivity contribution in [2.45, 2.75) is 25.4 Å². The Morgan fingerprint density at radius 1 is 0.853 bits per heavy atom. The zero-order valence-corrected chi connectivity index (χ0v) is 18.2. The van der Waals surface area contributed by atoms with Crippen LogP contribution in [0.5, 0.6) is 0 Å². The Kier molecular flexibility index (Phi) is 6.81. The number of hydrogen-bond acceptors (Lipinski definition) is 4. The summed E-state index contributed by atoms with van der Waals surface area (Å²) in [7, 11) is 0. The van der Waals surface area contributed by atoms with E-state index in [0.29, 0.717) is 30.0 Å². The van der Waals surface area contributed by atoms with E-state index in [0.717, 1.165) is 31.4 Å². The van der Waals surface area contributed by atoms with Crippen LogP contribution in [0.25, 0.3) is 0 Å². The third-order valence-electron chi connectivity index (χ3n) is 5.58. The maximum absolute atomic E-state index is 13.3. The quantitative estimate of drug-likeness (QED) is 0.512.